The molecule has 6 nitrogen and oxygen atoms in total. The van der Waals surface area contributed by atoms with Crippen molar-refractivity contribution in [2.75, 3.05) is 0 Å². The molecule has 2 N–H and O–H groups in total. The highest BCUT2D eigenvalue weighted by atomic mass is 32.1. The van der Waals surface area contributed by atoms with Gasteiger partial charge in [0.1, 0.15) is 17.1 Å². The van der Waals surface area contributed by atoms with Crippen LogP contribution in [0.15, 0.2) is 22.9 Å². The molecular weight excluding hydrogens is 304 g/mol. The molecule has 0 fully saturated rings. The molecule has 0 bridgehead atoms. The van der Waals surface area contributed by atoms with E-state index in [1.165, 1.54) is 16.2 Å². The van der Waals surface area contributed by atoms with E-state index in [1.807, 2.05) is 13.8 Å². The summed E-state index contributed by atoms with van der Waals surface area (Å²) in [6.45, 7) is 3.81. The fourth-order valence-corrected chi connectivity index (χ4v) is 3.54. The van der Waals surface area contributed by atoms with Crippen LogP contribution < -0.4 is 0 Å². The van der Waals surface area contributed by atoms with E-state index in [0.29, 0.717) is 29.8 Å². The minimum Gasteiger partial charge on any atom is -0.503 e. The normalized spacial score (nSPS) is 19.8. The Morgan fingerprint density at radius 3 is 2.73 bits per heavy atom. The quantitative estimate of drug-likeness (QED) is 0.805. The molecule has 2 heterocycles. The maximum atomic E-state index is 12.4. The fraction of sp³-hybridized carbons (Fsp3) is 0.533. The van der Waals surface area contributed by atoms with Crippen LogP contribution in [-0.4, -0.2) is 38.0 Å². The van der Waals surface area contributed by atoms with Gasteiger partial charge in [-0.2, -0.15) is 0 Å². The molecule has 22 heavy (non-hydrogen) atoms. The minimum atomic E-state index is -1.05. The van der Waals surface area contributed by atoms with Crippen molar-refractivity contribution in [1.82, 2.24) is 9.88 Å². The van der Waals surface area contributed by atoms with Crippen molar-refractivity contribution >= 4 is 23.2 Å². The maximum absolute atomic E-state index is 12.4. The Kier molecular flexibility index (Phi) is 5.18. The van der Waals surface area contributed by atoms with E-state index in [1.54, 1.807) is 11.6 Å². The first-order valence-corrected chi connectivity index (χ1v) is 8.27. The topological polar surface area (TPSA) is 90.7 Å². The van der Waals surface area contributed by atoms with Crippen molar-refractivity contribution in [3.05, 3.63) is 27.9 Å². The molecule has 0 saturated heterocycles. The molecule has 2 rings (SSSR count). The van der Waals surface area contributed by atoms with E-state index in [2.05, 4.69) is 4.98 Å². The van der Waals surface area contributed by atoms with Crippen LogP contribution >= 0.6 is 11.3 Å². The van der Waals surface area contributed by atoms with Gasteiger partial charge in [-0.3, -0.25) is 4.79 Å². The van der Waals surface area contributed by atoms with Crippen molar-refractivity contribution in [3.8, 4) is 0 Å². The van der Waals surface area contributed by atoms with Crippen molar-refractivity contribution in [2.45, 2.75) is 51.6 Å². The highest BCUT2D eigenvalue weighted by molar-refractivity contribution is 7.09. The Balaban J connectivity index is 2.43. The SMILES string of the molecule is CCCCC(C(=O)O)N1C(=O)C(O)=C(CC)C1c1nccs1. The summed E-state index contributed by atoms with van der Waals surface area (Å²) in [6.07, 6.45) is 4.00. The van der Waals surface area contributed by atoms with Crippen LogP contribution in [0.1, 0.15) is 50.6 Å². The van der Waals surface area contributed by atoms with Crippen molar-refractivity contribution in [2.24, 2.45) is 0 Å². The number of hydrogen-bond donors (Lipinski definition) is 2. The predicted molar refractivity (Wildman–Crippen MR) is 82.6 cm³/mol. The number of unbranched alkanes of at least 4 members (excludes halogenated alkanes) is 1. The standard InChI is InChI=1S/C15H20N2O4S/c1-3-5-6-10(15(20)21)17-11(13-16-7-8-22-13)9(4-2)12(18)14(17)19/h7-8,10-11,18H,3-6H2,1-2H3,(H,20,21). The summed E-state index contributed by atoms with van der Waals surface area (Å²) >= 11 is 1.36. The number of nitrogens with zero attached hydrogens (tertiary/aromatic N) is 2. The number of amides is 1. The summed E-state index contributed by atoms with van der Waals surface area (Å²) < 4.78 is 0. The molecule has 0 aromatic carbocycles. The van der Waals surface area contributed by atoms with Crippen molar-refractivity contribution in [1.29, 1.82) is 0 Å². The number of thiazole rings is 1. The third-order valence-electron chi connectivity index (χ3n) is 3.87. The number of aromatic nitrogens is 1. The molecule has 0 saturated carbocycles. The molecule has 120 valence electrons. The van der Waals surface area contributed by atoms with Gasteiger partial charge in [-0.25, -0.2) is 9.78 Å². The van der Waals surface area contributed by atoms with Crippen LogP contribution in [0.5, 0.6) is 0 Å². The van der Waals surface area contributed by atoms with Crippen LogP contribution in [-0.2, 0) is 9.59 Å². The zero-order valence-corrected chi connectivity index (χ0v) is 13.5. The smallest absolute Gasteiger partial charge is 0.326 e. The number of rotatable bonds is 7. The van der Waals surface area contributed by atoms with Gasteiger partial charge in [-0.05, 0) is 12.8 Å². The van der Waals surface area contributed by atoms with E-state index in [4.69, 9.17) is 0 Å². The molecule has 1 aromatic heterocycles. The Morgan fingerprint density at radius 1 is 1.50 bits per heavy atom. The molecule has 0 radical (unpaired) electrons. The van der Waals surface area contributed by atoms with Crippen molar-refractivity contribution < 1.29 is 19.8 Å². The monoisotopic (exact) mass is 324 g/mol. The number of hydrogen-bond acceptors (Lipinski definition) is 5. The van der Waals surface area contributed by atoms with Gasteiger partial charge in [0, 0.05) is 17.2 Å². The van der Waals surface area contributed by atoms with Gasteiger partial charge in [0.05, 0.1) is 0 Å². The summed E-state index contributed by atoms with van der Waals surface area (Å²) in [6, 6.07) is -1.52. The predicted octanol–water partition coefficient (Wildman–Crippen LogP) is 2.89. The molecule has 1 amide bonds. The molecule has 1 aliphatic heterocycles. The summed E-state index contributed by atoms with van der Waals surface area (Å²) in [5.74, 6) is -1.99. The number of aliphatic hydroxyl groups excluding tert-OH is 1. The van der Waals surface area contributed by atoms with Crippen LogP contribution in [0.25, 0.3) is 0 Å². The van der Waals surface area contributed by atoms with E-state index in [9.17, 15) is 19.8 Å². The van der Waals surface area contributed by atoms with Gasteiger partial charge in [0.15, 0.2) is 5.76 Å². The number of aliphatic carboxylic acids is 1. The van der Waals surface area contributed by atoms with Gasteiger partial charge >= 0.3 is 5.97 Å². The lowest BCUT2D eigenvalue weighted by Crippen LogP contribution is -2.44. The molecular formula is C15H20N2O4S. The van der Waals surface area contributed by atoms with E-state index in [0.717, 1.165) is 6.42 Å². The average molecular weight is 324 g/mol. The average Bonchev–Trinajstić information content (AvgIpc) is 3.09. The Hall–Kier alpha value is -1.89. The summed E-state index contributed by atoms with van der Waals surface area (Å²) in [7, 11) is 0. The van der Waals surface area contributed by atoms with Gasteiger partial charge < -0.3 is 15.1 Å². The first-order chi connectivity index (χ1) is 10.5. The zero-order valence-electron chi connectivity index (χ0n) is 12.7. The van der Waals surface area contributed by atoms with E-state index >= 15 is 0 Å². The highest BCUT2D eigenvalue weighted by Gasteiger charge is 2.46. The van der Waals surface area contributed by atoms with Crippen LogP contribution in [0.3, 0.4) is 0 Å². The first kappa shape index (κ1) is 16.5. The van der Waals surface area contributed by atoms with Gasteiger partial charge in [-0.1, -0.05) is 26.7 Å². The van der Waals surface area contributed by atoms with Crippen LogP contribution in [0, 0.1) is 0 Å². The second-order valence-corrected chi connectivity index (χ2v) is 6.14. The lowest BCUT2D eigenvalue weighted by atomic mass is 10.0. The van der Waals surface area contributed by atoms with E-state index < -0.39 is 24.0 Å². The maximum Gasteiger partial charge on any atom is 0.326 e. The Bertz CT molecular complexity index is 582. The zero-order chi connectivity index (χ0) is 16.3. The number of carbonyl (C=O) groups excluding carboxylic acids is 1. The molecule has 0 spiro atoms. The minimum absolute atomic E-state index is 0.328. The van der Waals surface area contributed by atoms with Gasteiger partial charge in [0.25, 0.3) is 5.91 Å². The lowest BCUT2D eigenvalue weighted by Gasteiger charge is -2.30. The number of carboxylic acids is 1. The summed E-state index contributed by atoms with van der Waals surface area (Å²) in [5.41, 5.74) is 0.544. The molecule has 0 aliphatic carbocycles. The largest absolute Gasteiger partial charge is 0.503 e. The van der Waals surface area contributed by atoms with Crippen LogP contribution in [0.2, 0.25) is 0 Å². The second-order valence-electron chi connectivity index (χ2n) is 5.21. The molecule has 2 unspecified atom stereocenters. The molecule has 1 aromatic rings. The first-order valence-electron chi connectivity index (χ1n) is 7.39. The third kappa shape index (κ3) is 2.85. The number of carboxylic acid groups (broad SMARTS) is 1. The summed E-state index contributed by atoms with van der Waals surface area (Å²) in [5, 5.41) is 22.1. The highest BCUT2D eigenvalue weighted by Crippen LogP contribution is 2.41. The van der Waals surface area contributed by atoms with Gasteiger partial charge in [0.2, 0.25) is 0 Å². The Morgan fingerprint density at radius 2 is 2.23 bits per heavy atom. The molecule has 7 heteroatoms. The molecule has 1 aliphatic rings. The van der Waals surface area contributed by atoms with E-state index in [-0.39, 0.29) is 5.76 Å². The third-order valence-corrected chi connectivity index (χ3v) is 4.70. The van der Waals surface area contributed by atoms with Crippen molar-refractivity contribution in [3.63, 3.8) is 0 Å². The number of aliphatic hydroxyl groups is 1. The van der Waals surface area contributed by atoms with Gasteiger partial charge in [-0.15, -0.1) is 11.3 Å². The Labute approximate surface area is 133 Å². The second kappa shape index (κ2) is 6.91. The number of carbonyl (C=O) groups is 2. The summed E-state index contributed by atoms with van der Waals surface area (Å²) in [4.78, 5) is 29.6. The molecule has 2 atom stereocenters. The lowest BCUT2D eigenvalue weighted by molar-refractivity contribution is -0.150. The fourth-order valence-electron chi connectivity index (χ4n) is 2.77. The van der Waals surface area contributed by atoms with Crippen LogP contribution in [0.4, 0.5) is 0 Å².